The molecule has 2 heterocycles. The van der Waals surface area contributed by atoms with Crippen molar-refractivity contribution in [3.63, 3.8) is 0 Å². The molecular weight excluding hydrogens is 306 g/mol. The van der Waals surface area contributed by atoms with Crippen LogP contribution in [-0.4, -0.2) is 52.1 Å². The zero-order valence-electron chi connectivity index (χ0n) is 12.3. The predicted octanol–water partition coefficient (Wildman–Crippen LogP) is 1.02. The molecule has 118 valence electrons. The number of sulfonamides is 1. The molecule has 7 heteroatoms. The SMILES string of the molecule is CNCCc1ccc(S(=O)(=O)NC2CCN(C3CC3)C2)s1. The van der Waals surface area contributed by atoms with Gasteiger partial charge >= 0.3 is 0 Å². The molecule has 0 amide bonds. The summed E-state index contributed by atoms with van der Waals surface area (Å²) in [4.78, 5) is 3.52. The van der Waals surface area contributed by atoms with Gasteiger partial charge in [0.05, 0.1) is 0 Å². The lowest BCUT2D eigenvalue weighted by molar-refractivity contribution is 0.322. The highest BCUT2D eigenvalue weighted by Crippen LogP contribution is 2.30. The van der Waals surface area contributed by atoms with Gasteiger partial charge in [0.2, 0.25) is 10.0 Å². The Morgan fingerprint density at radius 2 is 2.14 bits per heavy atom. The van der Waals surface area contributed by atoms with Crippen molar-refractivity contribution in [3.05, 3.63) is 17.0 Å². The Labute approximate surface area is 130 Å². The van der Waals surface area contributed by atoms with Crippen LogP contribution in [0.3, 0.4) is 0 Å². The van der Waals surface area contributed by atoms with Gasteiger partial charge in [-0.2, -0.15) is 0 Å². The van der Waals surface area contributed by atoms with Crippen molar-refractivity contribution in [3.8, 4) is 0 Å². The predicted molar refractivity (Wildman–Crippen MR) is 85.3 cm³/mol. The van der Waals surface area contributed by atoms with Crippen molar-refractivity contribution in [1.82, 2.24) is 14.9 Å². The van der Waals surface area contributed by atoms with E-state index < -0.39 is 10.0 Å². The van der Waals surface area contributed by atoms with Gasteiger partial charge in [0.1, 0.15) is 4.21 Å². The summed E-state index contributed by atoms with van der Waals surface area (Å²) in [6.07, 6.45) is 4.35. The van der Waals surface area contributed by atoms with E-state index in [1.165, 1.54) is 24.2 Å². The second-order valence-corrected chi connectivity index (χ2v) is 9.02. The highest BCUT2D eigenvalue weighted by atomic mass is 32.2. The van der Waals surface area contributed by atoms with E-state index in [0.29, 0.717) is 4.21 Å². The number of rotatable bonds is 7. The third-order valence-corrected chi connectivity index (χ3v) is 7.29. The zero-order chi connectivity index (χ0) is 14.9. The van der Waals surface area contributed by atoms with Crippen molar-refractivity contribution >= 4 is 21.4 Å². The average molecular weight is 329 g/mol. The fraction of sp³-hybridized carbons (Fsp3) is 0.714. The van der Waals surface area contributed by atoms with E-state index in [9.17, 15) is 8.42 Å². The molecule has 1 saturated heterocycles. The molecule has 0 spiro atoms. The molecule has 21 heavy (non-hydrogen) atoms. The van der Waals surface area contributed by atoms with E-state index in [-0.39, 0.29) is 6.04 Å². The van der Waals surface area contributed by atoms with Crippen LogP contribution in [0.2, 0.25) is 0 Å². The Hall–Kier alpha value is -0.470. The maximum Gasteiger partial charge on any atom is 0.250 e. The molecule has 1 unspecified atom stereocenters. The summed E-state index contributed by atoms with van der Waals surface area (Å²) in [5.74, 6) is 0. The molecule has 2 N–H and O–H groups in total. The van der Waals surface area contributed by atoms with Crippen LogP contribution in [-0.2, 0) is 16.4 Å². The molecule has 3 rings (SSSR count). The van der Waals surface area contributed by atoms with E-state index in [0.717, 1.165) is 43.4 Å². The summed E-state index contributed by atoms with van der Waals surface area (Å²) in [6, 6.07) is 4.43. The monoisotopic (exact) mass is 329 g/mol. The van der Waals surface area contributed by atoms with Gasteiger partial charge < -0.3 is 5.32 Å². The maximum absolute atomic E-state index is 12.4. The van der Waals surface area contributed by atoms with Crippen LogP contribution in [0.15, 0.2) is 16.3 Å². The number of nitrogens with one attached hydrogen (secondary N) is 2. The lowest BCUT2D eigenvalue weighted by atomic mass is 10.3. The number of hydrogen-bond acceptors (Lipinski definition) is 5. The van der Waals surface area contributed by atoms with Crippen LogP contribution >= 0.6 is 11.3 Å². The van der Waals surface area contributed by atoms with Crippen LogP contribution in [0.4, 0.5) is 0 Å². The number of nitrogens with zero attached hydrogens (tertiary/aromatic N) is 1. The number of likely N-dealkylation sites (tertiary alicyclic amines) is 1. The van der Waals surface area contributed by atoms with Crippen molar-refractivity contribution in [2.75, 3.05) is 26.7 Å². The topological polar surface area (TPSA) is 61.4 Å². The van der Waals surface area contributed by atoms with E-state index in [1.807, 2.05) is 13.1 Å². The third-order valence-electron chi connectivity index (χ3n) is 4.13. The lowest BCUT2D eigenvalue weighted by Gasteiger charge is -2.15. The summed E-state index contributed by atoms with van der Waals surface area (Å²) in [6.45, 7) is 2.75. The lowest BCUT2D eigenvalue weighted by Crippen LogP contribution is -2.37. The first kappa shape index (κ1) is 15.4. The van der Waals surface area contributed by atoms with Gasteiger partial charge in [-0.3, -0.25) is 4.90 Å². The minimum atomic E-state index is -3.36. The van der Waals surface area contributed by atoms with Crippen LogP contribution in [0.25, 0.3) is 0 Å². The second kappa shape index (κ2) is 6.34. The molecule has 0 radical (unpaired) electrons. The van der Waals surface area contributed by atoms with Crippen molar-refractivity contribution in [2.45, 2.75) is 42.0 Å². The summed E-state index contributed by atoms with van der Waals surface area (Å²) in [5, 5.41) is 3.08. The smallest absolute Gasteiger partial charge is 0.250 e. The summed E-state index contributed by atoms with van der Waals surface area (Å²) >= 11 is 1.38. The van der Waals surface area contributed by atoms with Gasteiger partial charge in [0.15, 0.2) is 0 Å². The van der Waals surface area contributed by atoms with Crippen LogP contribution in [0.1, 0.15) is 24.1 Å². The largest absolute Gasteiger partial charge is 0.319 e. The van der Waals surface area contributed by atoms with E-state index in [4.69, 9.17) is 0 Å². The number of thiophene rings is 1. The molecule has 1 aromatic heterocycles. The van der Waals surface area contributed by atoms with Crippen LogP contribution < -0.4 is 10.0 Å². The van der Waals surface area contributed by atoms with Gasteiger partial charge in [-0.1, -0.05) is 0 Å². The van der Waals surface area contributed by atoms with Crippen molar-refractivity contribution in [2.24, 2.45) is 0 Å². The molecule has 0 aromatic carbocycles. The number of hydrogen-bond donors (Lipinski definition) is 2. The standard InChI is InChI=1S/C14H23N3O2S2/c1-15-8-6-13-4-5-14(20-13)21(18,19)16-11-7-9-17(10-11)12-2-3-12/h4-5,11-12,15-16H,2-3,6-10H2,1H3. The molecule has 1 aliphatic heterocycles. The maximum atomic E-state index is 12.4. The highest BCUT2D eigenvalue weighted by Gasteiger charge is 2.36. The van der Waals surface area contributed by atoms with Crippen molar-refractivity contribution < 1.29 is 8.42 Å². The van der Waals surface area contributed by atoms with E-state index in [2.05, 4.69) is 14.9 Å². The molecule has 2 aliphatic rings. The Morgan fingerprint density at radius 1 is 1.33 bits per heavy atom. The second-order valence-electron chi connectivity index (χ2n) is 5.91. The molecular formula is C14H23N3O2S2. The first-order chi connectivity index (χ1) is 10.1. The minimum Gasteiger partial charge on any atom is -0.319 e. The summed E-state index contributed by atoms with van der Waals surface area (Å²) in [7, 11) is -1.45. The number of likely N-dealkylation sites (N-methyl/N-ethyl adjacent to an activating group) is 1. The molecule has 2 fully saturated rings. The van der Waals surface area contributed by atoms with E-state index in [1.54, 1.807) is 6.07 Å². The minimum absolute atomic E-state index is 0.0680. The quantitative estimate of drug-likeness (QED) is 0.784. The fourth-order valence-electron chi connectivity index (χ4n) is 2.82. The Morgan fingerprint density at radius 3 is 2.86 bits per heavy atom. The molecule has 1 atom stereocenters. The van der Waals surface area contributed by atoms with Crippen LogP contribution in [0.5, 0.6) is 0 Å². The van der Waals surface area contributed by atoms with Crippen molar-refractivity contribution in [1.29, 1.82) is 0 Å². The van der Waals surface area contributed by atoms with Gasteiger partial charge in [-0.05, 0) is 51.4 Å². The van der Waals surface area contributed by atoms with Crippen LogP contribution in [0, 0.1) is 0 Å². The van der Waals surface area contributed by atoms with Gasteiger partial charge in [0, 0.05) is 30.1 Å². The first-order valence-electron chi connectivity index (χ1n) is 7.58. The third kappa shape index (κ3) is 3.84. The molecule has 1 aliphatic carbocycles. The zero-order valence-corrected chi connectivity index (χ0v) is 14.0. The molecule has 1 aromatic rings. The summed E-state index contributed by atoms with van der Waals surface area (Å²) in [5.41, 5.74) is 0. The Bertz CT molecular complexity index is 581. The molecule has 1 saturated carbocycles. The van der Waals surface area contributed by atoms with Gasteiger partial charge in [0.25, 0.3) is 0 Å². The Kier molecular flexibility index (Phi) is 4.66. The Balaban J connectivity index is 1.59. The van der Waals surface area contributed by atoms with Gasteiger partial charge in [-0.25, -0.2) is 13.1 Å². The normalized spacial score (nSPS) is 23.8. The fourth-order valence-corrected chi connectivity index (χ4v) is 5.45. The average Bonchev–Trinajstić information content (AvgIpc) is 3.00. The van der Waals surface area contributed by atoms with E-state index >= 15 is 0 Å². The summed E-state index contributed by atoms with van der Waals surface area (Å²) < 4.78 is 28.2. The molecule has 0 bridgehead atoms. The highest BCUT2D eigenvalue weighted by molar-refractivity contribution is 7.91. The first-order valence-corrected chi connectivity index (χ1v) is 9.88. The van der Waals surface area contributed by atoms with Gasteiger partial charge in [-0.15, -0.1) is 11.3 Å². The molecule has 5 nitrogen and oxygen atoms in total.